The van der Waals surface area contributed by atoms with Crippen LogP contribution in [0.1, 0.15) is 30.2 Å². The van der Waals surface area contributed by atoms with Gasteiger partial charge >= 0.3 is 0 Å². The van der Waals surface area contributed by atoms with Gasteiger partial charge in [-0.2, -0.15) is 0 Å². The number of carbonyl (C=O) groups is 1. The number of hydrogen-bond donors (Lipinski definition) is 4. The largest absolute Gasteiger partial charge is 0.398 e. The normalized spacial score (nSPS) is 9.46. The zero-order valence-electron chi connectivity index (χ0n) is 14.3. The summed E-state index contributed by atoms with van der Waals surface area (Å²) in [7, 11) is 1.78. The highest BCUT2D eigenvalue weighted by molar-refractivity contribution is 6.13. The van der Waals surface area contributed by atoms with E-state index in [1.54, 1.807) is 31.6 Å². The van der Waals surface area contributed by atoms with Crippen molar-refractivity contribution in [1.29, 1.82) is 5.41 Å². The van der Waals surface area contributed by atoms with Crippen molar-refractivity contribution in [3.05, 3.63) is 47.4 Å². The predicted octanol–water partition coefficient (Wildman–Crippen LogP) is 1.97. The van der Waals surface area contributed by atoms with Gasteiger partial charge in [0.2, 0.25) is 6.41 Å². The van der Waals surface area contributed by atoms with Crippen LogP contribution >= 0.6 is 0 Å². The van der Waals surface area contributed by atoms with Crippen molar-refractivity contribution in [2.45, 2.75) is 20.3 Å². The second-order valence-electron chi connectivity index (χ2n) is 5.04. The molecule has 0 aliphatic heterocycles. The maximum absolute atomic E-state index is 9.45. The summed E-state index contributed by atoms with van der Waals surface area (Å²) in [5.41, 5.74) is 9.11. The Labute approximate surface area is 142 Å². The Kier molecular flexibility index (Phi) is 7.90. The van der Waals surface area contributed by atoms with Crippen molar-refractivity contribution in [2.24, 2.45) is 0 Å². The molecule has 0 atom stereocenters. The van der Waals surface area contributed by atoms with E-state index in [4.69, 9.17) is 11.1 Å². The molecule has 0 aliphatic rings. The van der Waals surface area contributed by atoms with Crippen LogP contribution in [-0.4, -0.2) is 35.7 Å². The standard InChI is InChI=1S/C13H15N5.C4H9NO/c1-8-5-9(3-4-17-8)13(15)10-7-18-12(16-2)6-11(10)14;1-2-3-5-4-6/h3-7,15H,1-2H3,(H3,14,16,18);4H,2-3H2,1H3,(H,5,6). The van der Waals surface area contributed by atoms with Crippen LogP contribution < -0.4 is 16.4 Å². The molecule has 7 heteroatoms. The average molecular weight is 328 g/mol. The fraction of sp³-hybridized carbons (Fsp3) is 0.294. The van der Waals surface area contributed by atoms with Crippen molar-refractivity contribution in [1.82, 2.24) is 15.3 Å². The van der Waals surface area contributed by atoms with Crippen molar-refractivity contribution in [3.8, 4) is 0 Å². The van der Waals surface area contributed by atoms with Crippen LogP contribution in [0.15, 0.2) is 30.6 Å². The molecule has 2 aromatic heterocycles. The van der Waals surface area contributed by atoms with Gasteiger partial charge in [-0.15, -0.1) is 0 Å². The lowest BCUT2D eigenvalue weighted by molar-refractivity contribution is -0.109. The topological polar surface area (TPSA) is 117 Å². The maximum atomic E-state index is 9.45. The van der Waals surface area contributed by atoms with Gasteiger partial charge in [0.25, 0.3) is 0 Å². The third-order valence-corrected chi connectivity index (χ3v) is 3.12. The van der Waals surface area contributed by atoms with Crippen LogP contribution in [0.2, 0.25) is 0 Å². The number of nitrogens with two attached hydrogens (primary N) is 1. The number of carbonyl (C=O) groups excluding carboxylic acids is 1. The first-order valence-electron chi connectivity index (χ1n) is 7.65. The zero-order valence-corrected chi connectivity index (χ0v) is 14.3. The molecule has 24 heavy (non-hydrogen) atoms. The van der Waals surface area contributed by atoms with E-state index in [2.05, 4.69) is 20.6 Å². The summed E-state index contributed by atoms with van der Waals surface area (Å²) >= 11 is 0. The molecule has 0 saturated heterocycles. The minimum Gasteiger partial charge on any atom is -0.398 e. The molecule has 0 spiro atoms. The van der Waals surface area contributed by atoms with Gasteiger partial charge in [0, 0.05) is 54.6 Å². The van der Waals surface area contributed by atoms with Gasteiger partial charge in [0.1, 0.15) is 5.82 Å². The Hall–Kier alpha value is -2.96. The van der Waals surface area contributed by atoms with Crippen LogP contribution in [0.25, 0.3) is 0 Å². The quantitative estimate of drug-likeness (QED) is 0.367. The summed E-state index contributed by atoms with van der Waals surface area (Å²) in [6.45, 7) is 4.70. The number of rotatable bonds is 6. The summed E-state index contributed by atoms with van der Waals surface area (Å²) in [5.74, 6) is 0.690. The highest BCUT2D eigenvalue weighted by Crippen LogP contribution is 2.18. The Bertz CT molecular complexity index is 687. The van der Waals surface area contributed by atoms with Gasteiger partial charge in [-0.25, -0.2) is 4.98 Å². The molecule has 2 heterocycles. The van der Waals surface area contributed by atoms with Crippen LogP contribution in [0, 0.1) is 12.3 Å². The fourth-order valence-corrected chi connectivity index (χ4v) is 1.88. The Morgan fingerprint density at radius 2 is 2.12 bits per heavy atom. The molecule has 0 unspecified atom stereocenters. The number of nitrogen functional groups attached to an aromatic ring is 1. The maximum Gasteiger partial charge on any atom is 0.207 e. The minimum atomic E-state index is 0.355. The van der Waals surface area contributed by atoms with E-state index in [9.17, 15) is 4.79 Å². The summed E-state index contributed by atoms with van der Waals surface area (Å²) in [5, 5.41) is 13.6. The second-order valence-corrected chi connectivity index (χ2v) is 5.04. The first-order chi connectivity index (χ1) is 11.5. The summed E-state index contributed by atoms with van der Waals surface area (Å²) in [6, 6.07) is 5.37. The summed E-state index contributed by atoms with van der Waals surface area (Å²) in [6.07, 6.45) is 5.02. The number of hydrogen-bond acceptors (Lipinski definition) is 6. The van der Waals surface area contributed by atoms with Gasteiger partial charge in [0.05, 0.1) is 5.71 Å². The van der Waals surface area contributed by atoms with Gasteiger partial charge in [-0.05, 0) is 25.5 Å². The molecular weight excluding hydrogens is 304 g/mol. The lowest BCUT2D eigenvalue weighted by Gasteiger charge is -2.09. The molecule has 7 nitrogen and oxygen atoms in total. The molecule has 2 aromatic rings. The molecule has 0 radical (unpaired) electrons. The van der Waals surface area contributed by atoms with Crippen LogP contribution in [0.3, 0.4) is 0 Å². The average Bonchev–Trinajstić information content (AvgIpc) is 2.59. The molecule has 0 bridgehead atoms. The Morgan fingerprint density at radius 3 is 2.62 bits per heavy atom. The minimum absolute atomic E-state index is 0.355. The Morgan fingerprint density at radius 1 is 1.38 bits per heavy atom. The van der Waals surface area contributed by atoms with E-state index in [0.29, 0.717) is 29.2 Å². The number of anilines is 2. The van der Waals surface area contributed by atoms with Gasteiger partial charge in [-0.1, -0.05) is 6.92 Å². The van der Waals surface area contributed by atoms with Crippen LogP contribution in [0.5, 0.6) is 0 Å². The van der Waals surface area contributed by atoms with E-state index in [-0.39, 0.29) is 0 Å². The molecule has 128 valence electrons. The van der Waals surface area contributed by atoms with Gasteiger partial charge in [-0.3, -0.25) is 15.2 Å². The smallest absolute Gasteiger partial charge is 0.207 e. The molecule has 5 N–H and O–H groups in total. The fourth-order valence-electron chi connectivity index (χ4n) is 1.88. The third kappa shape index (κ3) is 5.68. The monoisotopic (exact) mass is 328 g/mol. The molecule has 0 fully saturated rings. The van der Waals surface area contributed by atoms with Gasteiger partial charge < -0.3 is 16.4 Å². The molecule has 1 amide bonds. The van der Waals surface area contributed by atoms with Crippen molar-refractivity contribution >= 4 is 23.6 Å². The number of amides is 1. The number of pyridine rings is 2. The first kappa shape index (κ1) is 19.1. The summed E-state index contributed by atoms with van der Waals surface area (Å²) < 4.78 is 0. The van der Waals surface area contributed by atoms with Crippen molar-refractivity contribution in [2.75, 3.05) is 24.6 Å². The highest BCUT2D eigenvalue weighted by atomic mass is 16.1. The lowest BCUT2D eigenvalue weighted by atomic mass is 10.0. The van der Waals surface area contributed by atoms with Crippen LogP contribution in [0.4, 0.5) is 11.5 Å². The van der Waals surface area contributed by atoms with E-state index in [1.165, 1.54) is 0 Å². The first-order valence-corrected chi connectivity index (χ1v) is 7.65. The number of nitrogens with zero attached hydrogens (tertiary/aromatic N) is 2. The molecular formula is C17H24N6O. The summed E-state index contributed by atoms with van der Waals surface area (Å²) in [4.78, 5) is 17.7. The van der Waals surface area contributed by atoms with E-state index in [1.807, 2.05) is 19.9 Å². The van der Waals surface area contributed by atoms with E-state index >= 15 is 0 Å². The number of nitrogens with one attached hydrogen (secondary N) is 3. The molecule has 2 rings (SSSR count). The van der Waals surface area contributed by atoms with E-state index in [0.717, 1.165) is 24.2 Å². The second kappa shape index (κ2) is 9.94. The number of aromatic nitrogens is 2. The predicted molar refractivity (Wildman–Crippen MR) is 97.5 cm³/mol. The highest BCUT2D eigenvalue weighted by Gasteiger charge is 2.10. The molecule has 0 saturated carbocycles. The zero-order chi connectivity index (χ0) is 17.9. The van der Waals surface area contributed by atoms with E-state index < -0.39 is 0 Å². The van der Waals surface area contributed by atoms with Crippen molar-refractivity contribution in [3.63, 3.8) is 0 Å². The molecule has 0 aliphatic carbocycles. The number of aryl methyl sites for hydroxylation is 1. The SMILES string of the molecule is CCCNC=O.CNc1cc(N)c(C(=N)c2ccnc(C)c2)cn1. The van der Waals surface area contributed by atoms with Crippen molar-refractivity contribution < 1.29 is 4.79 Å². The Balaban J connectivity index is 0.000000413. The third-order valence-electron chi connectivity index (χ3n) is 3.12. The lowest BCUT2D eigenvalue weighted by Crippen LogP contribution is -2.10. The molecule has 0 aromatic carbocycles. The van der Waals surface area contributed by atoms with Gasteiger partial charge in [0.15, 0.2) is 0 Å². The van der Waals surface area contributed by atoms with Crippen LogP contribution in [-0.2, 0) is 4.79 Å².